The smallest absolute Gasteiger partial charge is 0.0581 e. The molecule has 0 N–H and O–H groups in total. The fraction of sp³-hybridized carbons (Fsp3) is 1.00. The van der Waals surface area contributed by atoms with Crippen LogP contribution in [0.4, 0.5) is 0 Å². The fourth-order valence-corrected chi connectivity index (χ4v) is 2.51. The monoisotopic (exact) mass is 140 g/mol. The molecular formula is C9H16O. The van der Waals surface area contributed by atoms with Crippen molar-refractivity contribution in [1.29, 1.82) is 0 Å². The highest BCUT2D eigenvalue weighted by molar-refractivity contribution is 4.90. The van der Waals surface area contributed by atoms with Crippen molar-refractivity contribution in [2.75, 3.05) is 6.61 Å². The second-order valence-electron chi connectivity index (χ2n) is 4.09. The first kappa shape index (κ1) is 6.66. The van der Waals surface area contributed by atoms with E-state index in [2.05, 4.69) is 13.8 Å². The van der Waals surface area contributed by atoms with Gasteiger partial charge in [-0.25, -0.2) is 0 Å². The Morgan fingerprint density at radius 3 is 2.40 bits per heavy atom. The van der Waals surface area contributed by atoms with Gasteiger partial charge >= 0.3 is 0 Å². The van der Waals surface area contributed by atoms with Crippen molar-refractivity contribution in [2.24, 2.45) is 17.8 Å². The second kappa shape index (κ2) is 2.23. The molecule has 0 radical (unpaired) electrons. The average molecular weight is 140 g/mol. The molecule has 2 aliphatic rings. The van der Waals surface area contributed by atoms with E-state index in [9.17, 15) is 0 Å². The van der Waals surface area contributed by atoms with E-state index in [4.69, 9.17) is 4.74 Å². The molecule has 3 atom stereocenters. The molecule has 2 fully saturated rings. The highest BCUT2D eigenvalue weighted by Gasteiger charge is 2.41. The number of hydrogen-bond acceptors (Lipinski definition) is 1. The third-order valence-electron chi connectivity index (χ3n) is 3.11. The lowest BCUT2D eigenvalue weighted by atomic mass is 9.86. The van der Waals surface area contributed by atoms with Gasteiger partial charge in [-0.05, 0) is 30.6 Å². The summed E-state index contributed by atoms with van der Waals surface area (Å²) in [4.78, 5) is 0. The molecule has 1 nitrogen and oxygen atoms in total. The predicted molar refractivity (Wildman–Crippen MR) is 40.8 cm³/mol. The van der Waals surface area contributed by atoms with E-state index in [1.807, 2.05) is 0 Å². The molecule has 0 unspecified atom stereocenters. The van der Waals surface area contributed by atoms with E-state index >= 15 is 0 Å². The summed E-state index contributed by atoms with van der Waals surface area (Å²) in [7, 11) is 0. The number of rotatable bonds is 1. The quantitative estimate of drug-likeness (QED) is 0.541. The first-order valence-electron chi connectivity index (χ1n) is 4.39. The first-order valence-corrected chi connectivity index (χ1v) is 4.39. The zero-order chi connectivity index (χ0) is 7.14. The minimum absolute atomic E-state index is 0.636. The molecule has 0 spiro atoms. The van der Waals surface area contributed by atoms with Gasteiger partial charge in [0.2, 0.25) is 0 Å². The van der Waals surface area contributed by atoms with Crippen LogP contribution in [0.2, 0.25) is 0 Å². The minimum atomic E-state index is 0.636. The van der Waals surface area contributed by atoms with Crippen LogP contribution in [0.15, 0.2) is 0 Å². The van der Waals surface area contributed by atoms with E-state index in [-0.39, 0.29) is 0 Å². The Bertz CT molecular complexity index is 131. The third kappa shape index (κ3) is 0.878. The molecule has 2 rings (SSSR count). The summed E-state index contributed by atoms with van der Waals surface area (Å²) in [5, 5.41) is 0. The van der Waals surface area contributed by atoms with Crippen LogP contribution in [0.5, 0.6) is 0 Å². The fourth-order valence-electron chi connectivity index (χ4n) is 2.51. The zero-order valence-corrected chi connectivity index (χ0v) is 6.84. The van der Waals surface area contributed by atoms with Crippen LogP contribution in [0, 0.1) is 17.8 Å². The van der Waals surface area contributed by atoms with Crippen LogP contribution < -0.4 is 0 Å². The first-order chi connectivity index (χ1) is 4.77. The highest BCUT2D eigenvalue weighted by atomic mass is 16.5. The minimum Gasteiger partial charge on any atom is -0.378 e. The summed E-state index contributed by atoms with van der Waals surface area (Å²) >= 11 is 0. The van der Waals surface area contributed by atoms with Gasteiger partial charge in [0.1, 0.15) is 0 Å². The van der Waals surface area contributed by atoms with E-state index in [0.717, 1.165) is 24.4 Å². The van der Waals surface area contributed by atoms with Gasteiger partial charge in [-0.2, -0.15) is 0 Å². The van der Waals surface area contributed by atoms with Gasteiger partial charge in [0, 0.05) is 0 Å². The van der Waals surface area contributed by atoms with Crippen molar-refractivity contribution >= 4 is 0 Å². The van der Waals surface area contributed by atoms with Crippen molar-refractivity contribution in [3.05, 3.63) is 0 Å². The summed E-state index contributed by atoms with van der Waals surface area (Å²) in [6.07, 6.45) is 3.32. The van der Waals surface area contributed by atoms with E-state index in [0.29, 0.717) is 6.10 Å². The van der Waals surface area contributed by atoms with Gasteiger partial charge in [-0.1, -0.05) is 13.8 Å². The van der Waals surface area contributed by atoms with E-state index in [1.54, 1.807) is 0 Å². The lowest BCUT2D eigenvalue weighted by Gasteiger charge is -2.24. The molecule has 0 aromatic rings. The van der Waals surface area contributed by atoms with Crippen LogP contribution in [0.1, 0.15) is 26.7 Å². The molecule has 1 aliphatic heterocycles. The molecule has 0 aromatic carbocycles. The van der Waals surface area contributed by atoms with Crippen molar-refractivity contribution in [3.8, 4) is 0 Å². The molecular weight excluding hydrogens is 124 g/mol. The molecule has 58 valence electrons. The molecule has 0 amide bonds. The van der Waals surface area contributed by atoms with Crippen LogP contribution >= 0.6 is 0 Å². The van der Waals surface area contributed by atoms with Gasteiger partial charge in [-0.15, -0.1) is 0 Å². The summed E-state index contributed by atoms with van der Waals surface area (Å²) in [5.74, 6) is 2.75. The molecule has 10 heavy (non-hydrogen) atoms. The van der Waals surface area contributed by atoms with Gasteiger partial charge in [-0.3, -0.25) is 0 Å². The standard InChI is InChI=1S/C9H16O/c1-6(2)9-4-8-3-7(9)5-10-8/h6-9H,3-5H2,1-2H3/t7-,8-,9+/m0/s1. The topological polar surface area (TPSA) is 9.23 Å². The molecule has 0 aromatic heterocycles. The molecule has 1 saturated heterocycles. The van der Waals surface area contributed by atoms with Gasteiger partial charge in [0.15, 0.2) is 0 Å². The lowest BCUT2D eigenvalue weighted by Crippen LogP contribution is -2.21. The SMILES string of the molecule is CC(C)[C@H]1C[C@@H]2C[C@H]1CO2. The van der Waals surface area contributed by atoms with Gasteiger partial charge in [0.05, 0.1) is 12.7 Å². The maximum Gasteiger partial charge on any atom is 0.0581 e. The molecule has 1 saturated carbocycles. The highest BCUT2D eigenvalue weighted by Crippen LogP contribution is 2.43. The van der Waals surface area contributed by atoms with Crippen molar-refractivity contribution in [1.82, 2.24) is 0 Å². The van der Waals surface area contributed by atoms with Crippen LogP contribution in [-0.4, -0.2) is 12.7 Å². The van der Waals surface area contributed by atoms with Crippen LogP contribution in [0.25, 0.3) is 0 Å². The van der Waals surface area contributed by atoms with Crippen molar-refractivity contribution in [2.45, 2.75) is 32.8 Å². The molecule has 1 heteroatoms. The summed E-state index contributed by atoms with van der Waals surface area (Å²) in [6, 6.07) is 0. The summed E-state index contributed by atoms with van der Waals surface area (Å²) in [5.41, 5.74) is 0. The predicted octanol–water partition coefficient (Wildman–Crippen LogP) is 2.07. The Labute approximate surface area is 62.8 Å². The number of hydrogen-bond donors (Lipinski definition) is 0. The third-order valence-corrected chi connectivity index (χ3v) is 3.11. The van der Waals surface area contributed by atoms with Crippen LogP contribution in [-0.2, 0) is 4.74 Å². The van der Waals surface area contributed by atoms with E-state index in [1.165, 1.54) is 12.8 Å². The second-order valence-corrected chi connectivity index (χ2v) is 4.09. The Kier molecular flexibility index (Phi) is 1.48. The average Bonchev–Trinajstić information content (AvgIpc) is 2.44. The Balaban J connectivity index is 2.02. The molecule has 1 heterocycles. The largest absolute Gasteiger partial charge is 0.378 e. The van der Waals surface area contributed by atoms with Gasteiger partial charge < -0.3 is 4.74 Å². The van der Waals surface area contributed by atoms with Gasteiger partial charge in [0.25, 0.3) is 0 Å². The zero-order valence-electron chi connectivity index (χ0n) is 6.84. The van der Waals surface area contributed by atoms with Crippen molar-refractivity contribution < 1.29 is 4.74 Å². The number of fused-ring (bicyclic) bond motifs is 2. The Morgan fingerprint density at radius 1 is 1.30 bits per heavy atom. The normalized spacial score (nSPS) is 45.3. The van der Waals surface area contributed by atoms with Crippen LogP contribution in [0.3, 0.4) is 0 Å². The number of ether oxygens (including phenoxy) is 1. The lowest BCUT2D eigenvalue weighted by molar-refractivity contribution is 0.0403. The Morgan fingerprint density at radius 2 is 2.10 bits per heavy atom. The van der Waals surface area contributed by atoms with Crippen molar-refractivity contribution in [3.63, 3.8) is 0 Å². The summed E-state index contributed by atoms with van der Waals surface area (Å²) in [6.45, 7) is 5.73. The summed E-state index contributed by atoms with van der Waals surface area (Å²) < 4.78 is 5.53. The maximum absolute atomic E-state index is 5.53. The van der Waals surface area contributed by atoms with E-state index < -0.39 is 0 Å². The maximum atomic E-state index is 5.53. The Hall–Kier alpha value is -0.0400. The molecule has 1 aliphatic carbocycles. The molecule has 2 bridgehead atoms.